The molecule has 1 saturated heterocycles. The van der Waals surface area contributed by atoms with Gasteiger partial charge in [-0.15, -0.1) is 10.2 Å². The zero-order chi connectivity index (χ0) is 13.8. The van der Waals surface area contributed by atoms with Crippen molar-refractivity contribution >= 4 is 17.2 Å². The number of carbonyl (C=O) groups excluding carboxylic acids is 1. The fourth-order valence-electron chi connectivity index (χ4n) is 2.21. The number of rotatable bonds is 4. The molecule has 1 aromatic carbocycles. The zero-order valence-corrected chi connectivity index (χ0v) is 11.8. The van der Waals surface area contributed by atoms with Gasteiger partial charge in [0.15, 0.2) is 0 Å². The number of nitrogens with one attached hydrogen (secondary N) is 2. The predicted molar refractivity (Wildman–Crippen MR) is 78.2 cm³/mol. The summed E-state index contributed by atoms with van der Waals surface area (Å²) in [5.41, 5.74) is 1.06. The molecule has 0 spiro atoms. The number of hydrogen-bond acceptors (Lipinski definition) is 5. The lowest BCUT2D eigenvalue weighted by molar-refractivity contribution is -0.124. The van der Waals surface area contributed by atoms with Crippen molar-refractivity contribution in [1.82, 2.24) is 20.8 Å². The van der Waals surface area contributed by atoms with Crippen molar-refractivity contribution in [2.75, 3.05) is 13.1 Å². The van der Waals surface area contributed by atoms with Crippen LogP contribution in [0.15, 0.2) is 30.3 Å². The van der Waals surface area contributed by atoms with Crippen molar-refractivity contribution in [3.63, 3.8) is 0 Å². The Balaban J connectivity index is 1.59. The van der Waals surface area contributed by atoms with Gasteiger partial charge in [0.2, 0.25) is 5.91 Å². The highest BCUT2D eigenvalue weighted by Gasteiger charge is 2.22. The highest BCUT2D eigenvalue weighted by atomic mass is 32.1. The minimum absolute atomic E-state index is 0.0940. The van der Waals surface area contributed by atoms with Crippen molar-refractivity contribution in [3.05, 3.63) is 35.3 Å². The molecule has 1 atom stereocenters. The Labute approximate surface area is 121 Å². The van der Waals surface area contributed by atoms with Gasteiger partial charge in [0.1, 0.15) is 10.0 Å². The summed E-state index contributed by atoms with van der Waals surface area (Å²) in [5.74, 6) is 0.197. The molecule has 1 unspecified atom stereocenters. The maximum Gasteiger partial charge on any atom is 0.224 e. The first kappa shape index (κ1) is 13.2. The van der Waals surface area contributed by atoms with Crippen LogP contribution in [0, 0.1) is 5.92 Å². The predicted octanol–water partition coefficient (Wildman–Crippen LogP) is 1.43. The third-order valence-corrected chi connectivity index (χ3v) is 4.30. The van der Waals surface area contributed by atoms with Crippen molar-refractivity contribution in [1.29, 1.82) is 0 Å². The average molecular weight is 288 g/mol. The number of aromatic nitrogens is 2. The molecule has 1 aromatic heterocycles. The lowest BCUT2D eigenvalue weighted by Crippen LogP contribution is -2.31. The molecule has 2 N–H and O–H groups in total. The SMILES string of the molecule is O=C(NCc1nnc(-c2ccccc2)s1)C1CCNC1. The fourth-order valence-corrected chi connectivity index (χ4v) is 2.99. The number of carbonyl (C=O) groups is 1. The van der Waals surface area contributed by atoms with Crippen LogP contribution in [0.4, 0.5) is 0 Å². The molecule has 0 bridgehead atoms. The van der Waals surface area contributed by atoms with E-state index < -0.39 is 0 Å². The second-order valence-corrected chi connectivity index (χ2v) is 5.84. The van der Waals surface area contributed by atoms with Crippen LogP contribution < -0.4 is 10.6 Å². The first-order chi connectivity index (χ1) is 9.83. The molecular formula is C14H16N4OS. The summed E-state index contributed by atoms with van der Waals surface area (Å²) in [5, 5.41) is 16.1. The van der Waals surface area contributed by atoms with Crippen molar-refractivity contribution in [2.24, 2.45) is 5.92 Å². The quantitative estimate of drug-likeness (QED) is 0.893. The Morgan fingerprint density at radius 1 is 1.35 bits per heavy atom. The minimum atomic E-state index is 0.0940. The van der Waals surface area contributed by atoms with Crippen molar-refractivity contribution in [2.45, 2.75) is 13.0 Å². The Hall–Kier alpha value is -1.79. The minimum Gasteiger partial charge on any atom is -0.349 e. The van der Waals surface area contributed by atoms with Crippen LogP contribution in [0.1, 0.15) is 11.4 Å². The maximum absolute atomic E-state index is 11.9. The molecule has 1 fully saturated rings. The molecule has 1 aliphatic heterocycles. The molecule has 1 aliphatic rings. The summed E-state index contributed by atoms with van der Waals surface area (Å²) in [7, 11) is 0. The van der Waals surface area contributed by atoms with E-state index in [9.17, 15) is 4.79 Å². The van der Waals surface area contributed by atoms with E-state index in [-0.39, 0.29) is 11.8 Å². The molecular weight excluding hydrogens is 272 g/mol. The lowest BCUT2D eigenvalue weighted by Gasteiger charge is -2.07. The van der Waals surface area contributed by atoms with Gasteiger partial charge in [-0.1, -0.05) is 41.7 Å². The number of amides is 1. The molecule has 2 aromatic rings. The summed E-state index contributed by atoms with van der Waals surface area (Å²) >= 11 is 1.52. The van der Waals surface area contributed by atoms with E-state index in [0.29, 0.717) is 6.54 Å². The Kier molecular flexibility index (Phi) is 4.03. The van der Waals surface area contributed by atoms with Gasteiger partial charge >= 0.3 is 0 Å². The van der Waals surface area contributed by atoms with Gasteiger partial charge in [0.25, 0.3) is 0 Å². The number of benzene rings is 1. The standard InChI is InChI=1S/C14H16N4OS/c19-13(11-6-7-15-8-11)16-9-12-17-18-14(20-12)10-4-2-1-3-5-10/h1-5,11,15H,6-9H2,(H,16,19). The first-order valence-electron chi connectivity index (χ1n) is 6.69. The van der Waals surface area contributed by atoms with Crippen LogP contribution in [-0.4, -0.2) is 29.2 Å². The molecule has 0 aliphatic carbocycles. The first-order valence-corrected chi connectivity index (χ1v) is 7.51. The van der Waals surface area contributed by atoms with Gasteiger partial charge in [0, 0.05) is 12.1 Å². The fraction of sp³-hybridized carbons (Fsp3) is 0.357. The third-order valence-electron chi connectivity index (χ3n) is 3.33. The van der Waals surface area contributed by atoms with E-state index in [1.54, 1.807) is 0 Å². The molecule has 1 amide bonds. The second kappa shape index (κ2) is 6.11. The zero-order valence-electron chi connectivity index (χ0n) is 11.0. The maximum atomic E-state index is 11.9. The van der Waals surface area contributed by atoms with Crippen molar-refractivity contribution in [3.8, 4) is 10.6 Å². The topological polar surface area (TPSA) is 66.9 Å². The average Bonchev–Trinajstić information content (AvgIpc) is 3.17. The Bertz CT molecular complexity index is 578. The normalized spacial score (nSPS) is 18.1. The monoisotopic (exact) mass is 288 g/mol. The highest BCUT2D eigenvalue weighted by Crippen LogP contribution is 2.22. The van der Waals surface area contributed by atoms with Gasteiger partial charge in [0.05, 0.1) is 12.5 Å². The van der Waals surface area contributed by atoms with Gasteiger partial charge in [-0.2, -0.15) is 0 Å². The summed E-state index contributed by atoms with van der Waals surface area (Å²) in [6, 6.07) is 9.94. The van der Waals surface area contributed by atoms with Crippen LogP contribution in [0.25, 0.3) is 10.6 Å². The van der Waals surface area contributed by atoms with Gasteiger partial charge < -0.3 is 10.6 Å². The van der Waals surface area contributed by atoms with E-state index in [4.69, 9.17) is 0 Å². The van der Waals surface area contributed by atoms with Crippen LogP contribution in [-0.2, 0) is 11.3 Å². The van der Waals surface area contributed by atoms with Crippen LogP contribution in [0.3, 0.4) is 0 Å². The number of nitrogens with zero attached hydrogens (tertiary/aromatic N) is 2. The van der Waals surface area contributed by atoms with E-state index in [2.05, 4.69) is 20.8 Å². The third kappa shape index (κ3) is 3.02. The molecule has 2 heterocycles. The van der Waals surface area contributed by atoms with E-state index >= 15 is 0 Å². The summed E-state index contributed by atoms with van der Waals surface area (Å²) in [6.07, 6.45) is 0.914. The molecule has 20 heavy (non-hydrogen) atoms. The van der Waals surface area contributed by atoms with Gasteiger partial charge in [-0.25, -0.2) is 0 Å². The Morgan fingerprint density at radius 2 is 2.20 bits per heavy atom. The van der Waals surface area contributed by atoms with E-state index in [1.807, 2.05) is 30.3 Å². The van der Waals surface area contributed by atoms with E-state index in [1.165, 1.54) is 11.3 Å². The van der Waals surface area contributed by atoms with Gasteiger partial charge in [-0.05, 0) is 13.0 Å². The van der Waals surface area contributed by atoms with E-state index in [0.717, 1.165) is 35.1 Å². The van der Waals surface area contributed by atoms with Crippen molar-refractivity contribution < 1.29 is 4.79 Å². The molecule has 104 valence electrons. The molecule has 0 saturated carbocycles. The molecule has 0 radical (unpaired) electrons. The smallest absolute Gasteiger partial charge is 0.224 e. The summed E-state index contributed by atoms with van der Waals surface area (Å²) in [6.45, 7) is 2.16. The molecule has 5 nitrogen and oxygen atoms in total. The largest absolute Gasteiger partial charge is 0.349 e. The highest BCUT2D eigenvalue weighted by molar-refractivity contribution is 7.14. The number of hydrogen-bond donors (Lipinski definition) is 2. The van der Waals surface area contributed by atoms with Crippen LogP contribution in [0.5, 0.6) is 0 Å². The van der Waals surface area contributed by atoms with Crippen LogP contribution in [0.2, 0.25) is 0 Å². The Morgan fingerprint density at radius 3 is 2.95 bits per heavy atom. The molecule has 3 rings (SSSR count). The second-order valence-electron chi connectivity index (χ2n) is 4.77. The summed E-state index contributed by atoms with van der Waals surface area (Å²) < 4.78 is 0. The lowest BCUT2D eigenvalue weighted by atomic mass is 10.1. The van der Waals surface area contributed by atoms with Gasteiger partial charge in [-0.3, -0.25) is 4.79 Å². The van der Waals surface area contributed by atoms with Crippen LogP contribution >= 0.6 is 11.3 Å². The molecule has 6 heteroatoms. The summed E-state index contributed by atoms with van der Waals surface area (Å²) in [4.78, 5) is 11.9.